The minimum Gasteiger partial charge on any atom is -0.271 e. The zero-order chi connectivity index (χ0) is 10.4. The fraction of sp³-hybridized carbons (Fsp3) is 0.333. The molecule has 0 spiro atoms. The third kappa shape index (κ3) is 2.59. The summed E-state index contributed by atoms with van der Waals surface area (Å²) in [5.74, 6) is 8.12. The molecule has 3 N–H and O–H groups in total. The Balaban J connectivity index is 2.79. The summed E-state index contributed by atoms with van der Waals surface area (Å²) in [4.78, 5) is 0. The van der Waals surface area contributed by atoms with Crippen molar-refractivity contribution in [3.05, 3.63) is 35.4 Å². The van der Waals surface area contributed by atoms with Crippen LogP contribution in [0.5, 0.6) is 0 Å². The van der Waals surface area contributed by atoms with Gasteiger partial charge in [0, 0.05) is 12.5 Å². The number of aryl methyl sites for hydroxylation is 1. The second-order valence-corrected chi connectivity index (χ2v) is 3.32. The maximum atomic E-state index is 5.50. The van der Waals surface area contributed by atoms with Crippen molar-refractivity contribution >= 4 is 0 Å². The van der Waals surface area contributed by atoms with Gasteiger partial charge in [-0.15, -0.1) is 12.3 Å². The molecule has 0 saturated heterocycles. The summed E-state index contributed by atoms with van der Waals surface area (Å²) in [5, 5.41) is 0. The van der Waals surface area contributed by atoms with Crippen LogP contribution in [0, 0.1) is 19.3 Å². The highest BCUT2D eigenvalue weighted by Gasteiger charge is 2.10. The summed E-state index contributed by atoms with van der Waals surface area (Å²) in [6, 6.07) is 8.36. The van der Waals surface area contributed by atoms with E-state index >= 15 is 0 Å². The molecular weight excluding hydrogens is 172 g/mol. The molecule has 0 amide bonds. The lowest BCUT2D eigenvalue weighted by Gasteiger charge is -2.17. The van der Waals surface area contributed by atoms with Crippen LogP contribution in [-0.4, -0.2) is 0 Å². The summed E-state index contributed by atoms with van der Waals surface area (Å²) in [5.41, 5.74) is 5.27. The van der Waals surface area contributed by atoms with Crippen LogP contribution in [0.1, 0.15) is 30.0 Å². The molecular formula is C12H16N2. The molecule has 0 fully saturated rings. The second-order valence-electron chi connectivity index (χ2n) is 3.32. The smallest absolute Gasteiger partial charge is 0.0471 e. The number of rotatable bonds is 4. The molecule has 74 valence electrons. The van der Waals surface area contributed by atoms with E-state index in [1.807, 2.05) is 12.1 Å². The van der Waals surface area contributed by atoms with Crippen molar-refractivity contribution in [3.63, 3.8) is 0 Å². The molecule has 14 heavy (non-hydrogen) atoms. The first-order chi connectivity index (χ1) is 6.79. The van der Waals surface area contributed by atoms with Crippen molar-refractivity contribution < 1.29 is 0 Å². The van der Waals surface area contributed by atoms with Crippen molar-refractivity contribution in [2.75, 3.05) is 0 Å². The number of benzene rings is 1. The molecule has 0 bridgehead atoms. The monoisotopic (exact) mass is 188 g/mol. The average molecular weight is 188 g/mol. The van der Waals surface area contributed by atoms with E-state index in [0.717, 1.165) is 12.8 Å². The van der Waals surface area contributed by atoms with Gasteiger partial charge in [0.1, 0.15) is 0 Å². The maximum Gasteiger partial charge on any atom is 0.0471 e. The molecule has 2 nitrogen and oxygen atoms in total. The lowest BCUT2D eigenvalue weighted by molar-refractivity contribution is 0.521. The van der Waals surface area contributed by atoms with Crippen molar-refractivity contribution in [3.8, 4) is 12.3 Å². The summed E-state index contributed by atoms with van der Waals surface area (Å²) < 4.78 is 0. The largest absolute Gasteiger partial charge is 0.271 e. The van der Waals surface area contributed by atoms with E-state index in [1.54, 1.807) is 0 Å². The Hall–Kier alpha value is -1.30. The van der Waals surface area contributed by atoms with Gasteiger partial charge in [0.15, 0.2) is 0 Å². The molecule has 1 rings (SSSR count). The Labute approximate surface area is 85.5 Å². The first kappa shape index (κ1) is 10.8. The van der Waals surface area contributed by atoms with E-state index in [4.69, 9.17) is 12.3 Å². The predicted molar refractivity (Wildman–Crippen MR) is 59.3 cm³/mol. The van der Waals surface area contributed by atoms with Gasteiger partial charge < -0.3 is 0 Å². The molecule has 0 aliphatic heterocycles. The van der Waals surface area contributed by atoms with Crippen LogP contribution in [0.4, 0.5) is 0 Å². The van der Waals surface area contributed by atoms with Crippen LogP contribution in [0.3, 0.4) is 0 Å². The van der Waals surface area contributed by atoms with Crippen molar-refractivity contribution in [1.82, 2.24) is 5.43 Å². The van der Waals surface area contributed by atoms with E-state index in [2.05, 4.69) is 30.4 Å². The van der Waals surface area contributed by atoms with E-state index in [-0.39, 0.29) is 6.04 Å². The van der Waals surface area contributed by atoms with Gasteiger partial charge in [-0.2, -0.15) is 0 Å². The van der Waals surface area contributed by atoms with Crippen LogP contribution in [0.15, 0.2) is 24.3 Å². The molecule has 1 atom stereocenters. The van der Waals surface area contributed by atoms with Crippen LogP contribution in [-0.2, 0) is 0 Å². The number of hydrazine groups is 1. The number of nitrogens with two attached hydrogens (primary N) is 1. The van der Waals surface area contributed by atoms with Gasteiger partial charge in [0.25, 0.3) is 0 Å². The Bertz CT molecular complexity index is 325. The summed E-state index contributed by atoms with van der Waals surface area (Å²) in [6.45, 7) is 2.08. The van der Waals surface area contributed by atoms with Gasteiger partial charge >= 0.3 is 0 Å². The summed E-state index contributed by atoms with van der Waals surface area (Å²) in [6.07, 6.45) is 6.84. The highest BCUT2D eigenvalue weighted by molar-refractivity contribution is 5.28. The van der Waals surface area contributed by atoms with Gasteiger partial charge in [0.05, 0.1) is 0 Å². The third-order valence-electron chi connectivity index (χ3n) is 2.34. The minimum absolute atomic E-state index is 0.159. The molecule has 0 aliphatic rings. The van der Waals surface area contributed by atoms with Crippen molar-refractivity contribution in [2.45, 2.75) is 25.8 Å². The Morgan fingerprint density at radius 3 is 2.79 bits per heavy atom. The molecule has 2 heteroatoms. The third-order valence-corrected chi connectivity index (χ3v) is 2.34. The minimum atomic E-state index is 0.159. The number of hydrogen-bond donors (Lipinski definition) is 2. The molecule has 1 aromatic carbocycles. The molecule has 0 aliphatic carbocycles. The van der Waals surface area contributed by atoms with Crippen LogP contribution in [0.2, 0.25) is 0 Å². The predicted octanol–water partition coefficient (Wildman–Crippen LogP) is 1.91. The first-order valence-corrected chi connectivity index (χ1v) is 4.74. The SMILES string of the molecule is C#CCCC(NN)c1ccccc1C. The van der Waals surface area contributed by atoms with Crippen LogP contribution in [0.25, 0.3) is 0 Å². The fourth-order valence-corrected chi connectivity index (χ4v) is 1.53. The number of hydrogen-bond acceptors (Lipinski definition) is 2. The summed E-state index contributed by atoms with van der Waals surface area (Å²) in [7, 11) is 0. The number of nitrogens with one attached hydrogen (secondary N) is 1. The molecule has 1 unspecified atom stereocenters. The van der Waals surface area contributed by atoms with Crippen molar-refractivity contribution in [2.24, 2.45) is 5.84 Å². The molecule has 0 aromatic heterocycles. The Kier molecular flexibility index (Phi) is 4.18. The van der Waals surface area contributed by atoms with E-state index in [9.17, 15) is 0 Å². The average Bonchev–Trinajstić information content (AvgIpc) is 2.21. The standard InChI is InChI=1S/C12H16N2/c1-3-4-9-12(14-13)11-8-6-5-7-10(11)2/h1,5-8,12,14H,4,9,13H2,2H3. The zero-order valence-electron chi connectivity index (χ0n) is 8.46. The number of terminal acetylenes is 1. The highest BCUT2D eigenvalue weighted by atomic mass is 15.2. The van der Waals surface area contributed by atoms with E-state index < -0.39 is 0 Å². The van der Waals surface area contributed by atoms with Gasteiger partial charge in [0.2, 0.25) is 0 Å². The first-order valence-electron chi connectivity index (χ1n) is 4.74. The van der Waals surface area contributed by atoms with E-state index in [0.29, 0.717) is 0 Å². The molecule has 0 saturated carbocycles. The van der Waals surface area contributed by atoms with Crippen molar-refractivity contribution in [1.29, 1.82) is 0 Å². The van der Waals surface area contributed by atoms with Gasteiger partial charge in [-0.1, -0.05) is 24.3 Å². The zero-order valence-corrected chi connectivity index (χ0v) is 8.46. The molecule has 0 radical (unpaired) electrons. The molecule has 1 aromatic rings. The quantitative estimate of drug-likeness (QED) is 0.430. The topological polar surface area (TPSA) is 38.0 Å². The van der Waals surface area contributed by atoms with Gasteiger partial charge in [-0.05, 0) is 24.5 Å². The fourth-order valence-electron chi connectivity index (χ4n) is 1.53. The lowest BCUT2D eigenvalue weighted by atomic mass is 9.98. The maximum absolute atomic E-state index is 5.50. The second kappa shape index (κ2) is 5.43. The van der Waals surface area contributed by atoms with Gasteiger partial charge in [-0.25, -0.2) is 0 Å². The lowest BCUT2D eigenvalue weighted by Crippen LogP contribution is -2.28. The van der Waals surface area contributed by atoms with Gasteiger partial charge in [-0.3, -0.25) is 11.3 Å². The van der Waals surface area contributed by atoms with Crippen LogP contribution >= 0.6 is 0 Å². The van der Waals surface area contributed by atoms with Crippen LogP contribution < -0.4 is 11.3 Å². The highest BCUT2D eigenvalue weighted by Crippen LogP contribution is 2.20. The summed E-state index contributed by atoms with van der Waals surface area (Å²) >= 11 is 0. The normalized spacial score (nSPS) is 12.1. The molecule has 0 heterocycles. The Morgan fingerprint density at radius 2 is 2.21 bits per heavy atom. The van der Waals surface area contributed by atoms with E-state index in [1.165, 1.54) is 11.1 Å². The Morgan fingerprint density at radius 1 is 1.50 bits per heavy atom.